The van der Waals surface area contributed by atoms with E-state index in [4.69, 9.17) is 4.52 Å². The van der Waals surface area contributed by atoms with Gasteiger partial charge in [0.25, 0.3) is 0 Å². The van der Waals surface area contributed by atoms with Crippen LogP contribution in [0, 0.1) is 13.8 Å². The van der Waals surface area contributed by atoms with Crippen molar-refractivity contribution < 1.29 is 22.8 Å². The van der Waals surface area contributed by atoms with Crippen LogP contribution >= 0.6 is 0 Å². The molecule has 3 heterocycles. The molecule has 0 bridgehead atoms. The van der Waals surface area contributed by atoms with E-state index in [2.05, 4.69) is 5.16 Å². The number of carbonyl (C=O) groups is 1. The Morgan fingerprint density at radius 2 is 1.66 bits per heavy atom. The molecule has 192 valence electrons. The highest BCUT2D eigenvalue weighted by Gasteiger charge is 2.45. The lowest BCUT2D eigenvalue weighted by atomic mass is 9.95. The van der Waals surface area contributed by atoms with E-state index in [-0.39, 0.29) is 18.0 Å². The lowest BCUT2D eigenvalue weighted by Gasteiger charge is -2.25. The Morgan fingerprint density at radius 3 is 2.42 bits per heavy atom. The Morgan fingerprint density at radius 1 is 0.974 bits per heavy atom. The quantitative estimate of drug-likeness (QED) is 0.322. The lowest BCUT2D eigenvalue weighted by molar-refractivity contribution is -0.137. The number of rotatable bonds is 6. The van der Waals surface area contributed by atoms with Crippen LogP contribution in [0.25, 0.3) is 22.2 Å². The summed E-state index contributed by atoms with van der Waals surface area (Å²) in [6.07, 6.45) is 0. The van der Waals surface area contributed by atoms with E-state index in [0.717, 1.165) is 22.0 Å². The van der Waals surface area contributed by atoms with Crippen molar-refractivity contribution in [3.63, 3.8) is 0 Å². The molecule has 8 nitrogen and oxygen atoms in total. The van der Waals surface area contributed by atoms with Crippen LogP contribution in [-0.4, -0.2) is 33.5 Å². The highest BCUT2D eigenvalue weighted by atomic mass is 32.2. The molecule has 0 saturated heterocycles. The first-order valence-corrected chi connectivity index (χ1v) is 13.6. The van der Waals surface area contributed by atoms with Gasteiger partial charge in [0.2, 0.25) is 10.0 Å². The van der Waals surface area contributed by atoms with Crippen LogP contribution in [0.5, 0.6) is 0 Å². The fourth-order valence-corrected chi connectivity index (χ4v) is 7.30. The molecule has 0 fully saturated rings. The molecular weight excluding hydrogens is 502 g/mol. The number of benzene rings is 3. The number of fused-ring (bicyclic) bond motifs is 2. The van der Waals surface area contributed by atoms with Gasteiger partial charge in [-0.3, -0.25) is 4.79 Å². The third-order valence-corrected chi connectivity index (χ3v) is 9.15. The largest absolute Gasteiger partial charge is 0.480 e. The van der Waals surface area contributed by atoms with E-state index in [9.17, 15) is 18.3 Å². The summed E-state index contributed by atoms with van der Waals surface area (Å²) in [6.45, 7) is 3.47. The van der Waals surface area contributed by atoms with E-state index in [1.54, 1.807) is 23.6 Å². The molecule has 6 rings (SSSR count). The Balaban J connectivity index is 1.58. The van der Waals surface area contributed by atoms with E-state index < -0.39 is 22.0 Å². The third-order valence-electron chi connectivity index (χ3n) is 7.27. The smallest absolute Gasteiger partial charge is 0.323 e. The van der Waals surface area contributed by atoms with Gasteiger partial charge in [-0.2, -0.15) is 4.31 Å². The average molecular weight is 528 g/mol. The van der Waals surface area contributed by atoms with Gasteiger partial charge in [0.1, 0.15) is 6.54 Å². The Hall–Kier alpha value is -4.21. The second kappa shape index (κ2) is 8.97. The van der Waals surface area contributed by atoms with Crippen LogP contribution in [0.4, 0.5) is 0 Å². The molecule has 1 atom stereocenters. The minimum Gasteiger partial charge on any atom is -0.480 e. The van der Waals surface area contributed by atoms with E-state index >= 15 is 0 Å². The van der Waals surface area contributed by atoms with Gasteiger partial charge in [-0.1, -0.05) is 71.9 Å². The number of aryl methyl sites for hydroxylation is 1. The van der Waals surface area contributed by atoms with Crippen molar-refractivity contribution in [2.24, 2.45) is 0 Å². The summed E-state index contributed by atoms with van der Waals surface area (Å²) < 4.78 is 37.0. The van der Waals surface area contributed by atoms with Crippen LogP contribution in [0.1, 0.15) is 34.1 Å². The molecular formula is C29H25N3O5S. The van der Waals surface area contributed by atoms with Crippen molar-refractivity contribution in [1.82, 2.24) is 14.0 Å². The predicted molar refractivity (Wildman–Crippen MR) is 142 cm³/mol. The molecule has 0 radical (unpaired) electrons. The molecule has 1 aliphatic heterocycles. The maximum Gasteiger partial charge on any atom is 0.323 e. The minimum atomic E-state index is -3.90. The monoisotopic (exact) mass is 527 g/mol. The standard InChI is InChI=1S/C29H25N3O5S/c1-18-23(29(37-30-18)20-10-4-3-5-11-20)16-32-28(22-13-7-9-15-25(22)38(32,35)36)27-19(2)31(17-26(33)34)24-14-8-6-12-21(24)27/h3-15,28H,16-17H2,1-2H3,(H,33,34). The second-order valence-electron chi connectivity index (χ2n) is 9.43. The second-order valence-corrected chi connectivity index (χ2v) is 11.3. The van der Waals surface area contributed by atoms with Crippen molar-refractivity contribution in [3.05, 3.63) is 107 Å². The van der Waals surface area contributed by atoms with Crippen molar-refractivity contribution in [3.8, 4) is 11.3 Å². The van der Waals surface area contributed by atoms with Crippen LogP contribution < -0.4 is 0 Å². The van der Waals surface area contributed by atoms with Gasteiger partial charge >= 0.3 is 5.97 Å². The van der Waals surface area contributed by atoms with Crippen LogP contribution in [-0.2, 0) is 27.9 Å². The van der Waals surface area contributed by atoms with Gasteiger partial charge in [-0.15, -0.1) is 0 Å². The van der Waals surface area contributed by atoms with Gasteiger partial charge in [-0.05, 0) is 31.5 Å². The zero-order valence-electron chi connectivity index (χ0n) is 20.8. The van der Waals surface area contributed by atoms with Crippen molar-refractivity contribution in [1.29, 1.82) is 0 Å². The summed E-state index contributed by atoms with van der Waals surface area (Å²) in [5.41, 5.74) is 4.98. The lowest BCUT2D eigenvalue weighted by Crippen LogP contribution is -2.29. The third kappa shape index (κ3) is 3.66. The SMILES string of the molecule is Cc1noc(-c2ccccc2)c1CN1C(c2c(C)n(CC(=O)O)c3ccccc23)c2ccccc2S1(=O)=O. The molecule has 0 aliphatic carbocycles. The number of carboxylic acid groups (broad SMARTS) is 1. The van der Waals surface area contributed by atoms with Crippen molar-refractivity contribution in [2.75, 3.05) is 0 Å². The maximum atomic E-state index is 14.1. The highest BCUT2D eigenvalue weighted by Crippen LogP contribution is 2.48. The average Bonchev–Trinajstić information content (AvgIpc) is 3.48. The molecule has 1 aliphatic rings. The van der Waals surface area contributed by atoms with Gasteiger partial charge in [0, 0.05) is 39.8 Å². The first-order chi connectivity index (χ1) is 18.3. The van der Waals surface area contributed by atoms with Crippen LogP contribution in [0.2, 0.25) is 0 Å². The number of para-hydroxylation sites is 1. The van der Waals surface area contributed by atoms with E-state index in [0.29, 0.717) is 28.3 Å². The van der Waals surface area contributed by atoms with Gasteiger partial charge < -0.3 is 14.2 Å². The Kier molecular flexibility index (Phi) is 5.70. The molecule has 3 aromatic carbocycles. The van der Waals surface area contributed by atoms with Gasteiger partial charge in [-0.25, -0.2) is 8.42 Å². The summed E-state index contributed by atoms with van der Waals surface area (Å²) in [4.78, 5) is 12.0. The number of hydrogen-bond acceptors (Lipinski definition) is 5. The molecule has 38 heavy (non-hydrogen) atoms. The summed E-state index contributed by atoms with van der Waals surface area (Å²) in [6, 6.07) is 23.4. The van der Waals surface area contributed by atoms with Gasteiger partial charge in [0.05, 0.1) is 16.6 Å². The van der Waals surface area contributed by atoms with Crippen molar-refractivity contribution >= 4 is 26.9 Å². The van der Waals surface area contributed by atoms with Crippen molar-refractivity contribution in [2.45, 2.75) is 37.9 Å². The predicted octanol–water partition coefficient (Wildman–Crippen LogP) is 5.29. The Labute approximate surface area is 219 Å². The normalized spacial score (nSPS) is 16.6. The van der Waals surface area contributed by atoms with E-state index in [1.165, 1.54) is 4.31 Å². The van der Waals surface area contributed by atoms with E-state index in [1.807, 2.05) is 73.7 Å². The minimum absolute atomic E-state index is 0.0408. The van der Waals surface area contributed by atoms with Crippen LogP contribution in [0.3, 0.4) is 0 Å². The number of hydrogen-bond donors (Lipinski definition) is 1. The molecule has 9 heteroatoms. The Bertz CT molecular complexity index is 1800. The molecule has 0 saturated carbocycles. The number of aromatic nitrogens is 2. The summed E-state index contributed by atoms with van der Waals surface area (Å²) in [7, 11) is -3.90. The summed E-state index contributed by atoms with van der Waals surface area (Å²) in [5.74, 6) is -0.442. The zero-order valence-corrected chi connectivity index (χ0v) is 21.6. The number of carboxylic acids is 1. The summed E-state index contributed by atoms with van der Waals surface area (Å²) in [5, 5.41) is 14.6. The topological polar surface area (TPSA) is 106 Å². The maximum absolute atomic E-state index is 14.1. The molecule has 0 amide bonds. The first-order valence-electron chi connectivity index (χ1n) is 12.2. The molecule has 0 spiro atoms. The summed E-state index contributed by atoms with van der Waals surface area (Å²) >= 11 is 0. The molecule has 2 aromatic heterocycles. The first kappa shape index (κ1) is 24.1. The number of aliphatic carboxylic acids is 1. The highest BCUT2D eigenvalue weighted by molar-refractivity contribution is 7.89. The fraction of sp³-hybridized carbons (Fsp3) is 0.172. The molecule has 1 N–H and O–H groups in total. The van der Waals surface area contributed by atoms with Crippen LogP contribution in [0.15, 0.2) is 88.3 Å². The molecule has 1 unspecified atom stereocenters. The number of nitrogens with zero attached hydrogens (tertiary/aromatic N) is 3. The van der Waals surface area contributed by atoms with Gasteiger partial charge in [0.15, 0.2) is 5.76 Å². The molecule has 5 aromatic rings. The fourth-order valence-electron chi connectivity index (χ4n) is 5.53. The zero-order chi connectivity index (χ0) is 26.6. The number of sulfonamides is 1.